The highest BCUT2D eigenvalue weighted by Crippen LogP contribution is 2.22. The maximum absolute atomic E-state index is 10.8. The van der Waals surface area contributed by atoms with Crippen LogP contribution in [0.25, 0.3) is 0 Å². The minimum Gasteiger partial charge on any atom is -0.478 e. The predicted octanol–water partition coefficient (Wildman–Crippen LogP) is 1.34. The number of benzene rings is 1. The molecule has 0 spiro atoms. The van der Waals surface area contributed by atoms with Crippen molar-refractivity contribution in [1.82, 2.24) is 0 Å². The molecule has 1 aromatic carbocycles. The van der Waals surface area contributed by atoms with Gasteiger partial charge in [0.05, 0.1) is 18.4 Å². The quantitative estimate of drug-likeness (QED) is 0.678. The van der Waals surface area contributed by atoms with E-state index in [1.54, 1.807) is 18.5 Å². The molecule has 0 unspecified atom stereocenters. The lowest BCUT2D eigenvalue weighted by Gasteiger charge is -2.13. The Bertz CT molecular complexity index is 385. The van der Waals surface area contributed by atoms with Gasteiger partial charge in [0.15, 0.2) is 0 Å². The zero-order chi connectivity index (χ0) is 9.26. The van der Waals surface area contributed by atoms with E-state index in [1.165, 1.54) is 0 Å². The van der Waals surface area contributed by atoms with E-state index in [0.29, 0.717) is 12.1 Å². The molecule has 0 aliphatic carbocycles. The Morgan fingerprint density at radius 1 is 1.54 bits per heavy atom. The van der Waals surface area contributed by atoms with Gasteiger partial charge in [0.1, 0.15) is 0 Å². The van der Waals surface area contributed by atoms with E-state index in [0.717, 1.165) is 11.3 Å². The summed E-state index contributed by atoms with van der Waals surface area (Å²) >= 11 is 0. The molecule has 1 heterocycles. The average Bonchev–Trinajstić information content (AvgIpc) is 2.17. The fraction of sp³-hybridized carbons (Fsp3) is 0.111. The summed E-state index contributed by atoms with van der Waals surface area (Å²) in [5, 5.41) is 11.8. The molecular weight excluding hydrogens is 168 g/mol. The van der Waals surface area contributed by atoms with E-state index >= 15 is 0 Å². The van der Waals surface area contributed by atoms with Crippen molar-refractivity contribution in [1.29, 1.82) is 0 Å². The highest BCUT2D eigenvalue weighted by Gasteiger charge is 2.14. The molecule has 2 N–H and O–H groups in total. The summed E-state index contributed by atoms with van der Waals surface area (Å²) in [6, 6.07) is 5.14. The second kappa shape index (κ2) is 2.90. The van der Waals surface area contributed by atoms with Crippen LogP contribution in [0.5, 0.6) is 0 Å². The molecule has 0 saturated carbocycles. The van der Waals surface area contributed by atoms with Crippen LogP contribution in [0.2, 0.25) is 0 Å². The Kier molecular flexibility index (Phi) is 1.73. The van der Waals surface area contributed by atoms with Gasteiger partial charge in [-0.3, -0.25) is 4.99 Å². The van der Waals surface area contributed by atoms with Gasteiger partial charge in [-0.1, -0.05) is 6.07 Å². The van der Waals surface area contributed by atoms with Crippen LogP contribution in [0.3, 0.4) is 0 Å². The first-order chi connectivity index (χ1) is 6.29. The molecule has 0 atom stereocenters. The number of carboxylic acids is 1. The second-order valence-corrected chi connectivity index (χ2v) is 2.75. The molecule has 0 aromatic heterocycles. The van der Waals surface area contributed by atoms with Crippen molar-refractivity contribution in [3.05, 3.63) is 29.3 Å². The molecule has 0 fully saturated rings. The Morgan fingerprint density at radius 3 is 3.15 bits per heavy atom. The van der Waals surface area contributed by atoms with Crippen LogP contribution in [-0.4, -0.2) is 17.4 Å². The van der Waals surface area contributed by atoms with Gasteiger partial charge in [0.2, 0.25) is 0 Å². The van der Waals surface area contributed by atoms with Gasteiger partial charge < -0.3 is 10.4 Å². The third-order valence-corrected chi connectivity index (χ3v) is 1.97. The molecule has 1 aliphatic heterocycles. The van der Waals surface area contributed by atoms with Crippen LogP contribution >= 0.6 is 0 Å². The number of aliphatic imine (C=N–C) groups is 1. The van der Waals surface area contributed by atoms with Crippen LogP contribution in [0, 0.1) is 0 Å². The normalized spacial score (nSPS) is 13.2. The smallest absolute Gasteiger partial charge is 0.336 e. The number of anilines is 1. The zero-order valence-corrected chi connectivity index (χ0v) is 6.82. The highest BCUT2D eigenvalue weighted by molar-refractivity contribution is 5.93. The van der Waals surface area contributed by atoms with Gasteiger partial charge in [-0.15, -0.1) is 0 Å². The third-order valence-electron chi connectivity index (χ3n) is 1.97. The molecule has 2 rings (SSSR count). The van der Waals surface area contributed by atoms with Gasteiger partial charge in [0, 0.05) is 11.3 Å². The van der Waals surface area contributed by atoms with E-state index in [-0.39, 0.29) is 0 Å². The number of rotatable bonds is 1. The lowest BCUT2D eigenvalue weighted by atomic mass is 10.0. The van der Waals surface area contributed by atoms with Crippen LogP contribution in [0.15, 0.2) is 23.2 Å². The lowest BCUT2D eigenvalue weighted by Crippen LogP contribution is -2.10. The summed E-state index contributed by atoms with van der Waals surface area (Å²) in [6.07, 6.45) is 1.58. The monoisotopic (exact) mass is 176 g/mol. The molecule has 0 saturated heterocycles. The van der Waals surface area contributed by atoms with E-state index < -0.39 is 5.97 Å². The van der Waals surface area contributed by atoms with Gasteiger partial charge in [-0.25, -0.2) is 4.79 Å². The van der Waals surface area contributed by atoms with Crippen molar-refractivity contribution in [3.63, 3.8) is 0 Å². The number of carboxylic acid groups (broad SMARTS) is 1. The number of aromatic carboxylic acids is 1. The molecule has 0 radical (unpaired) electrons. The molecule has 4 heteroatoms. The molecule has 13 heavy (non-hydrogen) atoms. The van der Waals surface area contributed by atoms with Gasteiger partial charge >= 0.3 is 5.97 Å². The van der Waals surface area contributed by atoms with Crippen molar-refractivity contribution in [2.45, 2.75) is 6.54 Å². The zero-order valence-electron chi connectivity index (χ0n) is 6.82. The predicted molar refractivity (Wildman–Crippen MR) is 49.2 cm³/mol. The van der Waals surface area contributed by atoms with Gasteiger partial charge in [0.25, 0.3) is 0 Å². The maximum Gasteiger partial charge on any atom is 0.336 e. The van der Waals surface area contributed by atoms with E-state index in [9.17, 15) is 4.79 Å². The van der Waals surface area contributed by atoms with Crippen LogP contribution < -0.4 is 5.32 Å². The number of carbonyl (C=O) groups is 1. The Hall–Kier alpha value is -1.84. The first-order valence-electron chi connectivity index (χ1n) is 3.89. The summed E-state index contributed by atoms with van der Waals surface area (Å²) < 4.78 is 0. The van der Waals surface area contributed by atoms with Crippen molar-refractivity contribution in [3.8, 4) is 0 Å². The molecule has 1 aliphatic rings. The average molecular weight is 176 g/mol. The first kappa shape index (κ1) is 7.79. The summed E-state index contributed by atoms with van der Waals surface area (Å²) in [6.45, 7) is 0.435. The maximum atomic E-state index is 10.8. The fourth-order valence-electron chi connectivity index (χ4n) is 1.34. The number of fused-ring (bicyclic) bond motifs is 1. The fourth-order valence-corrected chi connectivity index (χ4v) is 1.34. The van der Waals surface area contributed by atoms with E-state index in [2.05, 4.69) is 10.3 Å². The number of nitrogens with one attached hydrogen (secondary N) is 1. The summed E-state index contributed by atoms with van der Waals surface area (Å²) in [4.78, 5) is 14.8. The topological polar surface area (TPSA) is 61.7 Å². The van der Waals surface area contributed by atoms with E-state index in [1.807, 2.05) is 6.07 Å². The molecule has 66 valence electrons. The molecule has 1 aromatic rings. The molecular formula is C9H8N2O2. The highest BCUT2D eigenvalue weighted by atomic mass is 16.4. The van der Waals surface area contributed by atoms with Gasteiger partial charge in [-0.05, 0) is 12.1 Å². The number of hydrogen-bond donors (Lipinski definition) is 2. The summed E-state index contributed by atoms with van der Waals surface area (Å²) in [7, 11) is 0. The SMILES string of the molecule is O=C(O)c1cccc2c1CN=CN2. The first-order valence-corrected chi connectivity index (χ1v) is 3.89. The standard InChI is InChI=1S/C9H8N2O2/c12-9(13)6-2-1-3-8-7(6)4-10-5-11-8/h1-3,5H,4H2,(H,10,11)(H,12,13). The van der Waals surface area contributed by atoms with Crippen molar-refractivity contribution >= 4 is 18.0 Å². The second-order valence-electron chi connectivity index (χ2n) is 2.75. The van der Waals surface area contributed by atoms with Crippen molar-refractivity contribution in [2.75, 3.05) is 5.32 Å². The third kappa shape index (κ3) is 1.26. The number of hydrogen-bond acceptors (Lipinski definition) is 3. The van der Waals surface area contributed by atoms with Crippen LogP contribution in [-0.2, 0) is 6.54 Å². The summed E-state index contributed by atoms with van der Waals surface area (Å²) in [5.41, 5.74) is 1.90. The van der Waals surface area contributed by atoms with Crippen LogP contribution in [0.4, 0.5) is 5.69 Å². The minimum atomic E-state index is -0.907. The minimum absolute atomic E-state index is 0.321. The largest absolute Gasteiger partial charge is 0.478 e. The Labute approximate surface area is 74.9 Å². The van der Waals surface area contributed by atoms with Crippen LogP contribution in [0.1, 0.15) is 15.9 Å². The summed E-state index contributed by atoms with van der Waals surface area (Å²) in [5.74, 6) is -0.907. The van der Waals surface area contributed by atoms with Gasteiger partial charge in [-0.2, -0.15) is 0 Å². The van der Waals surface area contributed by atoms with Crippen molar-refractivity contribution < 1.29 is 9.90 Å². The Morgan fingerprint density at radius 2 is 2.38 bits per heavy atom. The number of nitrogens with zero attached hydrogens (tertiary/aromatic N) is 1. The molecule has 0 amide bonds. The van der Waals surface area contributed by atoms with Crippen molar-refractivity contribution in [2.24, 2.45) is 4.99 Å². The molecule has 0 bridgehead atoms. The van der Waals surface area contributed by atoms with E-state index in [4.69, 9.17) is 5.11 Å². The Balaban J connectivity index is 2.55. The lowest BCUT2D eigenvalue weighted by molar-refractivity contribution is 0.0696. The molecule has 4 nitrogen and oxygen atoms in total.